The Morgan fingerprint density at radius 1 is 0.500 bits per heavy atom. The van der Waals surface area contributed by atoms with E-state index in [1.165, 1.54) is 39.7 Å². The SMILES string of the molecule is CC1(C)c2ccccc2N(c2cccc3c2Oc2c(-c4cccc(-c5ccncn5)c4C#N)cccc2C32c3ccccc3-c3ccccc32)c2ccccc21. The van der Waals surface area contributed by atoms with E-state index < -0.39 is 5.41 Å². The quantitative estimate of drug-likeness (QED) is 0.182. The normalized spacial score (nSPS) is 14.6. The van der Waals surface area contributed by atoms with E-state index >= 15 is 0 Å². The van der Waals surface area contributed by atoms with Crippen molar-refractivity contribution in [3.63, 3.8) is 0 Å². The zero-order valence-corrected chi connectivity index (χ0v) is 30.9. The number of nitrogens with zero attached hydrogens (tertiary/aromatic N) is 4. The Kier molecular flexibility index (Phi) is 6.81. The first-order chi connectivity index (χ1) is 27.5. The molecule has 8 aromatic rings. The number of anilines is 3. The van der Waals surface area contributed by atoms with E-state index in [0.29, 0.717) is 11.3 Å². The standard InChI is InChI=1S/C51H34N4O/c1-50(2)40-21-7-9-25-45(40)55(46-26-10-8-22-41(46)50)47-27-13-24-43-49(47)56-48-36(32-16-11-17-35(37(32)30-52)44-28-29-53-31-54-44)18-12-23-42(48)51(43)38-19-5-3-14-33(38)34-15-4-6-20-39(34)51/h3-29,31H,1-2H3. The number of hydrogen-bond acceptors (Lipinski definition) is 5. The van der Waals surface area contributed by atoms with Crippen molar-refractivity contribution in [3.05, 3.63) is 209 Å². The second kappa shape index (κ2) is 11.9. The zero-order valence-electron chi connectivity index (χ0n) is 30.9. The lowest BCUT2D eigenvalue weighted by Crippen LogP contribution is -2.34. The third kappa shape index (κ3) is 4.19. The largest absolute Gasteiger partial charge is 0.454 e. The van der Waals surface area contributed by atoms with Crippen molar-refractivity contribution in [1.29, 1.82) is 5.26 Å². The van der Waals surface area contributed by atoms with Crippen LogP contribution in [0.15, 0.2) is 170 Å². The van der Waals surface area contributed by atoms with E-state index in [9.17, 15) is 5.26 Å². The van der Waals surface area contributed by atoms with Crippen LogP contribution in [0, 0.1) is 11.3 Å². The van der Waals surface area contributed by atoms with E-state index in [2.05, 4.69) is 168 Å². The predicted molar refractivity (Wildman–Crippen MR) is 222 cm³/mol. The lowest BCUT2D eigenvalue weighted by molar-refractivity contribution is 0.439. The number of hydrogen-bond donors (Lipinski definition) is 0. The molecule has 11 rings (SSSR count). The van der Waals surface area contributed by atoms with Gasteiger partial charge in [-0.15, -0.1) is 0 Å². The highest BCUT2D eigenvalue weighted by Crippen LogP contribution is 2.66. The van der Waals surface area contributed by atoms with E-state index in [-0.39, 0.29) is 5.41 Å². The molecule has 1 aliphatic carbocycles. The molecule has 2 aliphatic heterocycles. The fourth-order valence-corrected chi connectivity index (χ4v) is 9.81. The third-order valence-electron chi connectivity index (χ3n) is 12.2. The second-order valence-corrected chi connectivity index (χ2v) is 15.2. The lowest BCUT2D eigenvalue weighted by Gasteiger charge is -2.45. The van der Waals surface area contributed by atoms with Crippen molar-refractivity contribution in [1.82, 2.24) is 9.97 Å². The minimum Gasteiger partial charge on any atom is -0.454 e. The maximum absolute atomic E-state index is 10.9. The van der Waals surface area contributed by atoms with Gasteiger partial charge in [0.25, 0.3) is 0 Å². The molecule has 0 N–H and O–H groups in total. The van der Waals surface area contributed by atoms with Crippen molar-refractivity contribution < 1.29 is 4.74 Å². The molecular formula is C51H34N4O. The molecule has 56 heavy (non-hydrogen) atoms. The van der Waals surface area contributed by atoms with Crippen molar-refractivity contribution in [3.8, 4) is 51.1 Å². The smallest absolute Gasteiger partial charge is 0.156 e. The summed E-state index contributed by atoms with van der Waals surface area (Å²) in [4.78, 5) is 11.0. The predicted octanol–water partition coefficient (Wildman–Crippen LogP) is 12.3. The highest BCUT2D eigenvalue weighted by atomic mass is 16.5. The molecule has 0 radical (unpaired) electrons. The minimum absolute atomic E-state index is 0.216. The summed E-state index contributed by atoms with van der Waals surface area (Å²) in [5.74, 6) is 1.52. The number of fused-ring (bicyclic) bond motifs is 11. The molecule has 0 unspecified atom stereocenters. The van der Waals surface area contributed by atoms with Crippen LogP contribution in [0.25, 0.3) is 33.5 Å². The molecule has 264 valence electrons. The van der Waals surface area contributed by atoms with E-state index in [1.807, 2.05) is 24.3 Å². The Balaban J connectivity index is 1.25. The van der Waals surface area contributed by atoms with Gasteiger partial charge in [-0.25, -0.2) is 9.97 Å². The molecule has 0 fully saturated rings. The summed E-state index contributed by atoms with van der Waals surface area (Å²) in [5.41, 5.74) is 15.3. The van der Waals surface area contributed by atoms with Crippen LogP contribution in [0.5, 0.6) is 11.5 Å². The average molecular weight is 719 g/mol. The van der Waals surface area contributed by atoms with Crippen molar-refractivity contribution in [2.24, 2.45) is 0 Å². The van der Waals surface area contributed by atoms with E-state index in [1.54, 1.807) is 6.20 Å². The highest BCUT2D eigenvalue weighted by Gasteiger charge is 2.52. The number of nitriles is 1. The molecule has 0 amide bonds. The summed E-state index contributed by atoms with van der Waals surface area (Å²) in [7, 11) is 0. The molecule has 0 bridgehead atoms. The van der Waals surface area contributed by atoms with Gasteiger partial charge < -0.3 is 9.64 Å². The molecular weight excluding hydrogens is 685 g/mol. The summed E-state index contributed by atoms with van der Waals surface area (Å²) >= 11 is 0. The van der Waals surface area contributed by atoms with Gasteiger partial charge >= 0.3 is 0 Å². The first-order valence-electron chi connectivity index (χ1n) is 19.0. The van der Waals surface area contributed by atoms with Gasteiger partial charge in [0, 0.05) is 39.4 Å². The van der Waals surface area contributed by atoms with E-state index in [4.69, 9.17) is 4.74 Å². The first kappa shape index (κ1) is 32.2. The molecule has 5 nitrogen and oxygen atoms in total. The van der Waals surface area contributed by atoms with Crippen LogP contribution in [0.2, 0.25) is 0 Å². The second-order valence-electron chi connectivity index (χ2n) is 15.2. The number of ether oxygens (including phenoxy) is 1. The van der Waals surface area contributed by atoms with Gasteiger partial charge in [0.05, 0.1) is 33.7 Å². The molecule has 5 heteroatoms. The van der Waals surface area contributed by atoms with Gasteiger partial charge in [-0.05, 0) is 57.6 Å². The summed E-state index contributed by atoms with van der Waals surface area (Å²) in [6, 6.07) is 58.4. The van der Waals surface area contributed by atoms with Crippen molar-refractivity contribution in [2.45, 2.75) is 24.7 Å². The molecule has 0 saturated carbocycles. The molecule has 1 spiro atoms. The summed E-state index contributed by atoms with van der Waals surface area (Å²) in [5, 5.41) is 10.9. The van der Waals surface area contributed by atoms with Gasteiger partial charge in [-0.2, -0.15) is 5.26 Å². The Bertz CT molecular complexity index is 2860. The first-order valence-corrected chi connectivity index (χ1v) is 19.0. The van der Waals surface area contributed by atoms with Gasteiger partial charge in [-0.1, -0.05) is 147 Å². The lowest BCUT2D eigenvalue weighted by atomic mass is 9.65. The molecule has 3 heterocycles. The minimum atomic E-state index is -0.715. The Morgan fingerprint density at radius 3 is 1.64 bits per heavy atom. The van der Waals surface area contributed by atoms with Crippen LogP contribution in [0.4, 0.5) is 17.1 Å². The highest BCUT2D eigenvalue weighted by molar-refractivity contribution is 5.95. The van der Waals surface area contributed by atoms with Gasteiger partial charge in [0.1, 0.15) is 18.1 Å². The zero-order chi connectivity index (χ0) is 37.6. The third-order valence-corrected chi connectivity index (χ3v) is 12.2. The van der Waals surface area contributed by atoms with Crippen LogP contribution in [-0.4, -0.2) is 9.97 Å². The topological polar surface area (TPSA) is 62.0 Å². The fraction of sp³-hybridized carbons (Fsp3) is 0.0784. The molecule has 0 atom stereocenters. The molecule has 7 aromatic carbocycles. The number of benzene rings is 7. The molecule has 0 saturated heterocycles. The summed E-state index contributed by atoms with van der Waals surface area (Å²) in [6.45, 7) is 4.62. The summed E-state index contributed by atoms with van der Waals surface area (Å²) in [6.07, 6.45) is 3.23. The van der Waals surface area contributed by atoms with Crippen molar-refractivity contribution >= 4 is 17.1 Å². The maximum atomic E-state index is 10.9. The average Bonchev–Trinajstić information content (AvgIpc) is 3.54. The van der Waals surface area contributed by atoms with Crippen LogP contribution < -0.4 is 9.64 Å². The van der Waals surface area contributed by atoms with Crippen molar-refractivity contribution in [2.75, 3.05) is 4.90 Å². The Labute approximate surface area is 325 Å². The number of rotatable bonds is 3. The van der Waals surface area contributed by atoms with Gasteiger partial charge in [0.15, 0.2) is 5.75 Å². The van der Waals surface area contributed by atoms with E-state index in [0.717, 1.165) is 56.4 Å². The van der Waals surface area contributed by atoms with Crippen LogP contribution >= 0.6 is 0 Å². The number of para-hydroxylation sites is 4. The van der Waals surface area contributed by atoms with Crippen LogP contribution in [0.3, 0.4) is 0 Å². The van der Waals surface area contributed by atoms with Gasteiger partial charge in [-0.3, -0.25) is 0 Å². The summed E-state index contributed by atoms with van der Waals surface area (Å²) < 4.78 is 7.51. The Hall–Kier alpha value is -7.29. The molecule has 3 aliphatic rings. The monoisotopic (exact) mass is 718 g/mol. The van der Waals surface area contributed by atoms with Gasteiger partial charge in [0.2, 0.25) is 0 Å². The fourth-order valence-electron chi connectivity index (χ4n) is 9.81. The Morgan fingerprint density at radius 2 is 1.00 bits per heavy atom. The van der Waals surface area contributed by atoms with Crippen LogP contribution in [0.1, 0.15) is 52.8 Å². The van der Waals surface area contributed by atoms with Crippen LogP contribution in [-0.2, 0) is 10.8 Å². The maximum Gasteiger partial charge on any atom is 0.156 e. The molecule has 1 aromatic heterocycles. The number of aromatic nitrogens is 2.